The van der Waals surface area contributed by atoms with Gasteiger partial charge in [-0.2, -0.15) is 0 Å². The fourth-order valence-corrected chi connectivity index (χ4v) is 1.25. The van der Waals surface area contributed by atoms with Crippen LogP contribution < -0.4 is 0 Å². The summed E-state index contributed by atoms with van der Waals surface area (Å²) in [4.78, 5) is 3.95. The van der Waals surface area contributed by atoms with Crippen molar-refractivity contribution in [3.8, 4) is 5.82 Å². The van der Waals surface area contributed by atoms with Gasteiger partial charge in [-0.05, 0) is 19.1 Å². The molecule has 1 radical (unpaired) electrons. The van der Waals surface area contributed by atoms with Crippen molar-refractivity contribution >= 4 is 0 Å². The standard InChI is InChI=1S/C9H10N3/c1-2-11-6-3-4-9(11)12-7-5-10-8-12/h3-6,8H,2H2,1H3. The van der Waals surface area contributed by atoms with Gasteiger partial charge in [0.15, 0.2) is 0 Å². The monoisotopic (exact) mass is 160 g/mol. The topological polar surface area (TPSA) is 22.8 Å². The van der Waals surface area contributed by atoms with Crippen LogP contribution in [-0.2, 0) is 6.54 Å². The number of hydrogen-bond acceptors (Lipinski definition) is 1. The first-order valence-corrected chi connectivity index (χ1v) is 3.97. The van der Waals surface area contributed by atoms with Gasteiger partial charge in [-0.1, -0.05) is 0 Å². The lowest BCUT2D eigenvalue weighted by Crippen LogP contribution is -2.01. The first-order valence-electron chi connectivity index (χ1n) is 3.97. The zero-order chi connectivity index (χ0) is 8.39. The molecule has 2 rings (SSSR count). The van der Waals surface area contributed by atoms with E-state index < -0.39 is 0 Å². The smallest absolute Gasteiger partial charge is 0.118 e. The lowest BCUT2D eigenvalue weighted by atomic mass is 10.6. The van der Waals surface area contributed by atoms with E-state index in [2.05, 4.69) is 22.7 Å². The molecule has 0 aromatic carbocycles. The zero-order valence-corrected chi connectivity index (χ0v) is 6.94. The van der Waals surface area contributed by atoms with Crippen LogP contribution in [0.1, 0.15) is 6.92 Å². The van der Waals surface area contributed by atoms with Crippen LogP contribution in [0.25, 0.3) is 5.82 Å². The summed E-state index contributed by atoms with van der Waals surface area (Å²) >= 11 is 0. The van der Waals surface area contributed by atoms with Gasteiger partial charge in [-0.3, -0.25) is 4.57 Å². The van der Waals surface area contributed by atoms with Crippen LogP contribution >= 0.6 is 0 Å². The molecule has 2 aromatic rings. The van der Waals surface area contributed by atoms with Gasteiger partial charge in [0.05, 0.1) is 12.4 Å². The molecule has 0 atom stereocenters. The van der Waals surface area contributed by atoms with Crippen LogP contribution in [0.3, 0.4) is 0 Å². The zero-order valence-electron chi connectivity index (χ0n) is 6.94. The Hall–Kier alpha value is -1.51. The molecule has 0 saturated carbocycles. The predicted molar refractivity (Wildman–Crippen MR) is 46.1 cm³/mol. The minimum Gasteiger partial charge on any atom is -0.334 e. The summed E-state index contributed by atoms with van der Waals surface area (Å²) < 4.78 is 4.02. The summed E-state index contributed by atoms with van der Waals surface area (Å²) in [6, 6.07) is 4.06. The van der Waals surface area contributed by atoms with Crippen molar-refractivity contribution in [2.24, 2.45) is 0 Å². The molecular weight excluding hydrogens is 150 g/mol. The number of nitrogens with zero attached hydrogens (tertiary/aromatic N) is 3. The summed E-state index contributed by atoms with van der Waals surface area (Å²) in [7, 11) is 0. The molecule has 61 valence electrons. The first-order chi connectivity index (χ1) is 5.92. The van der Waals surface area contributed by atoms with Gasteiger partial charge in [0.25, 0.3) is 0 Å². The molecule has 2 aromatic heterocycles. The average molecular weight is 160 g/mol. The normalized spacial score (nSPS) is 10.4. The molecule has 12 heavy (non-hydrogen) atoms. The van der Waals surface area contributed by atoms with Gasteiger partial charge in [0.1, 0.15) is 12.1 Å². The molecule has 0 aliphatic carbocycles. The van der Waals surface area contributed by atoms with E-state index in [1.54, 1.807) is 12.5 Å². The maximum atomic E-state index is 3.95. The molecule has 2 heterocycles. The highest BCUT2D eigenvalue weighted by molar-refractivity contribution is 5.24. The van der Waals surface area contributed by atoms with Crippen molar-refractivity contribution in [1.29, 1.82) is 0 Å². The van der Waals surface area contributed by atoms with Crippen molar-refractivity contribution in [2.45, 2.75) is 13.5 Å². The minimum absolute atomic E-state index is 0.967. The molecule has 0 bridgehead atoms. The summed E-state index contributed by atoms with van der Waals surface area (Å²) in [6.07, 6.45) is 8.46. The summed E-state index contributed by atoms with van der Waals surface area (Å²) in [5, 5.41) is 0. The van der Waals surface area contributed by atoms with E-state index in [1.807, 2.05) is 22.9 Å². The van der Waals surface area contributed by atoms with E-state index >= 15 is 0 Å². The number of imidazole rings is 1. The van der Waals surface area contributed by atoms with Gasteiger partial charge < -0.3 is 4.57 Å². The number of aromatic nitrogens is 3. The Morgan fingerprint density at radius 2 is 2.50 bits per heavy atom. The van der Waals surface area contributed by atoms with E-state index in [0.717, 1.165) is 12.4 Å². The van der Waals surface area contributed by atoms with Crippen LogP contribution in [0.5, 0.6) is 0 Å². The van der Waals surface area contributed by atoms with Crippen molar-refractivity contribution in [3.05, 3.63) is 37.1 Å². The van der Waals surface area contributed by atoms with Gasteiger partial charge in [0.2, 0.25) is 0 Å². The molecule has 3 heteroatoms. The Kier molecular flexibility index (Phi) is 1.70. The Morgan fingerprint density at radius 1 is 1.58 bits per heavy atom. The molecule has 0 saturated heterocycles. The Balaban J connectivity index is 2.46. The van der Waals surface area contributed by atoms with E-state index in [0.29, 0.717) is 0 Å². The third kappa shape index (κ3) is 1.03. The van der Waals surface area contributed by atoms with Gasteiger partial charge in [-0.25, -0.2) is 4.98 Å². The SMILES string of the molecule is CCn1cccc1-n1[c]cnc1. The van der Waals surface area contributed by atoms with Gasteiger partial charge >= 0.3 is 0 Å². The molecule has 0 unspecified atom stereocenters. The highest BCUT2D eigenvalue weighted by Gasteiger charge is 1.99. The second-order valence-electron chi connectivity index (χ2n) is 2.55. The van der Waals surface area contributed by atoms with Crippen LogP contribution in [0, 0.1) is 6.20 Å². The second kappa shape index (κ2) is 2.85. The van der Waals surface area contributed by atoms with Crippen LogP contribution in [0.4, 0.5) is 0 Å². The molecule has 0 amide bonds. The number of hydrogen-bond donors (Lipinski definition) is 0. The van der Waals surface area contributed by atoms with Gasteiger partial charge in [0, 0.05) is 12.7 Å². The van der Waals surface area contributed by atoms with E-state index in [1.165, 1.54) is 0 Å². The van der Waals surface area contributed by atoms with E-state index in [4.69, 9.17) is 0 Å². The number of rotatable bonds is 2. The van der Waals surface area contributed by atoms with Crippen molar-refractivity contribution in [2.75, 3.05) is 0 Å². The lowest BCUT2D eigenvalue weighted by molar-refractivity contribution is 0.731. The average Bonchev–Trinajstić information content (AvgIpc) is 2.74. The largest absolute Gasteiger partial charge is 0.334 e. The Bertz CT molecular complexity index is 345. The predicted octanol–water partition coefficient (Wildman–Crippen LogP) is 1.49. The fraction of sp³-hybridized carbons (Fsp3) is 0.222. The molecule has 3 nitrogen and oxygen atoms in total. The quantitative estimate of drug-likeness (QED) is 0.652. The van der Waals surface area contributed by atoms with Crippen molar-refractivity contribution < 1.29 is 0 Å². The molecule has 0 spiro atoms. The lowest BCUT2D eigenvalue weighted by Gasteiger charge is -2.04. The molecule has 0 aliphatic heterocycles. The summed E-state index contributed by atoms with van der Waals surface area (Å²) in [5.74, 6) is 1.11. The highest BCUT2D eigenvalue weighted by Crippen LogP contribution is 2.07. The molecule has 0 fully saturated rings. The van der Waals surface area contributed by atoms with Crippen LogP contribution in [0.2, 0.25) is 0 Å². The first kappa shape index (κ1) is 7.16. The van der Waals surface area contributed by atoms with E-state index in [-0.39, 0.29) is 0 Å². The van der Waals surface area contributed by atoms with Crippen molar-refractivity contribution in [1.82, 2.24) is 14.1 Å². The highest BCUT2D eigenvalue weighted by atomic mass is 15.2. The number of aryl methyl sites for hydroxylation is 1. The third-order valence-electron chi connectivity index (χ3n) is 1.85. The summed E-state index contributed by atoms with van der Waals surface area (Å²) in [5.41, 5.74) is 0. The molecule has 0 aliphatic rings. The van der Waals surface area contributed by atoms with Crippen LogP contribution in [0.15, 0.2) is 30.9 Å². The summed E-state index contributed by atoms with van der Waals surface area (Å²) in [6.45, 7) is 3.08. The van der Waals surface area contributed by atoms with Crippen molar-refractivity contribution in [3.63, 3.8) is 0 Å². The Morgan fingerprint density at radius 3 is 3.17 bits per heavy atom. The second-order valence-corrected chi connectivity index (χ2v) is 2.55. The maximum Gasteiger partial charge on any atom is 0.118 e. The Labute approximate surface area is 71.3 Å². The molecule has 0 N–H and O–H groups in total. The van der Waals surface area contributed by atoms with Gasteiger partial charge in [-0.15, -0.1) is 0 Å². The minimum atomic E-state index is 0.967. The van der Waals surface area contributed by atoms with Crippen LogP contribution in [-0.4, -0.2) is 14.1 Å². The van der Waals surface area contributed by atoms with E-state index in [9.17, 15) is 0 Å². The molecular formula is C9H10N3. The maximum absolute atomic E-state index is 3.95. The third-order valence-corrected chi connectivity index (χ3v) is 1.85. The fourth-order valence-electron chi connectivity index (χ4n) is 1.25.